The van der Waals surface area contributed by atoms with E-state index < -0.39 is 0 Å². The minimum absolute atomic E-state index is 0.124. The first-order chi connectivity index (χ1) is 11.0. The predicted octanol–water partition coefficient (Wildman–Crippen LogP) is 1.60. The number of rotatable bonds is 7. The topological polar surface area (TPSA) is 80.0 Å². The van der Waals surface area contributed by atoms with Gasteiger partial charge in [0.25, 0.3) is 5.91 Å². The number of nitrogens with one attached hydrogen (secondary N) is 1. The lowest BCUT2D eigenvalue weighted by Gasteiger charge is -2.17. The summed E-state index contributed by atoms with van der Waals surface area (Å²) < 4.78 is 14.6. The molecular weight excluding hydrogens is 299 g/mol. The predicted molar refractivity (Wildman–Crippen MR) is 83.3 cm³/mol. The van der Waals surface area contributed by atoms with Gasteiger partial charge < -0.3 is 10.4 Å². The Labute approximate surface area is 134 Å². The molecule has 0 spiro atoms. The average Bonchev–Trinajstić information content (AvgIpc) is 2.94. The third-order valence-electron chi connectivity index (χ3n) is 3.32. The summed E-state index contributed by atoms with van der Waals surface area (Å²) in [6, 6.07) is 5.86. The molecule has 0 aliphatic carbocycles. The fourth-order valence-electron chi connectivity index (χ4n) is 2.31. The summed E-state index contributed by atoms with van der Waals surface area (Å²) in [5.41, 5.74) is 0.901. The Morgan fingerprint density at radius 2 is 2.22 bits per heavy atom. The van der Waals surface area contributed by atoms with Gasteiger partial charge in [-0.05, 0) is 30.0 Å². The summed E-state index contributed by atoms with van der Waals surface area (Å²) in [7, 11) is 0. The van der Waals surface area contributed by atoms with Crippen molar-refractivity contribution in [3.05, 3.63) is 47.5 Å². The molecule has 0 aliphatic rings. The molecule has 0 bridgehead atoms. The third kappa shape index (κ3) is 5.14. The number of benzene rings is 1. The lowest BCUT2D eigenvalue weighted by molar-refractivity contribution is 0.0903. The number of amides is 1. The van der Waals surface area contributed by atoms with Crippen molar-refractivity contribution in [2.45, 2.75) is 32.9 Å². The van der Waals surface area contributed by atoms with Gasteiger partial charge in [0.05, 0.1) is 25.4 Å². The number of carbonyl (C=O) groups excluding carboxylic acids is 1. The fourth-order valence-corrected chi connectivity index (χ4v) is 2.31. The minimum atomic E-state index is -0.379. The Kier molecular flexibility index (Phi) is 5.81. The van der Waals surface area contributed by atoms with Crippen LogP contribution in [-0.4, -0.2) is 38.7 Å². The number of carbonyl (C=O) groups is 1. The van der Waals surface area contributed by atoms with Gasteiger partial charge in [-0.3, -0.25) is 4.79 Å². The monoisotopic (exact) mass is 320 g/mol. The van der Waals surface area contributed by atoms with Crippen molar-refractivity contribution in [3.63, 3.8) is 0 Å². The Morgan fingerprint density at radius 1 is 1.43 bits per heavy atom. The first kappa shape index (κ1) is 17.1. The lowest BCUT2D eigenvalue weighted by Crippen LogP contribution is -2.38. The van der Waals surface area contributed by atoms with Gasteiger partial charge in [0, 0.05) is 0 Å². The number of nitrogens with zero attached hydrogens (tertiary/aromatic N) is 3. The van der Waals surface area contributed by atoms with Crippen LogP contribution in [0.4, 0.5) is 4.39 Å². The Balaban J connectivity index is 1.99. The molecule has 1 aromatic carbocycles. The molecule has 1 unspecified atom stereocenters. The van der Waals surface area contributed by atoms with Crippen LogP contribution in [0.3, 0.4) is 0 Å². The number of aromatic nitrogens is 3. The maximum atomic E-state index is 13.2. The minimum Gasteiger partial charge on any atom is -0.394 e. The molecule has 0 fully saturated rings. The van der Waals surface area contributed by atoms with Gasteiger partial charge >= 0.3 is 0 Å². The van der Waals surface area contributed by atoms with E-state index in [9.17, 15) is 14.3 Å². The molecule has 1 amide bonds. The molecule has 124 valence electrons. The summed E-state index contributed by atoms with van der Waals surface area (Å²) in [5, 5.41) is 19.7. The highest BCUT2D eigenvalue weighted by atomic mass is 19.1. The largest absolute Gasteiger partial charge is 0.394 e. The summed E-state index contributed by atoms with van der Waals surface area (Å²) in [4.78, 5) is 12.1. The Morgan fingerprint density at radius 3 is 2.87 bits per heavy atom. The summed E-state index contributed by atoms with van der Waals surface area (Å²) in [6.45, 7) is 4.24. The first-order valence-corrected chi connectivity index (χ1v) is 7.54. The molecule has 0 radical (unpaired) electrons. The van der Waals surface area contributed by atoms with Crippen LogP contribution in [0.15, 0.2) is 30.5 Å². The summed E-state index contributed by atoms with van der Waals surface area (Å²) in [5.74, 6) is -0.341. The maximum absolute atomic E-state index is 13.2. The highest BCUT2D eigenvalue weighted by Crippen LogP contribution is 2.07. The zero-order valence-electron chi connectivity index (χ0n) is 13.2. The van der Waals surface area contributed by atoms with Gasteiger partial charge in [-0.2, -0.15) is 0 Å². The number of hydrogen-bond donors (Lipinski definition) is 2. The zero-order chi connectivity index (χ0) is 16.8. The van der Waals surface area contributed by atoms with Crippen LogP contribution < -0.4 is 5.32 Å². The second-order valence-electron chi connectivity index (χ2n) is 5.91. The molecule has 6 nitrogen and oxygen atoms in total. The van der Waals surface area contributed by atoms with Crippen molar-refractivity contribution in [3.8, 4) is 0 Å². The number of aliphatic hydroxyl groups excluding tert-OH is 1. The highest BCUT2D eigenvalue weighted by Gasteiger charge is 2.17. The van der Waals surface area contributed by atoms with Crippen molar-refractivity contribution < 1.29 is 14.3 Å². The van der Waals surface area contributed by atoms with E-state index in [1.807, 2.05) is 13.8 Å². The van der Waals surface area contributed by atoms with Gasteiger partial charge in [-0.25, -0.2) is 9.07 Å². The summed E-state index contributed by atoms with van der Waals surface area (Å²) in [6.07, 6.45) is 2.18. The highest BCUT2D eigenvalue weighted by molar-refractivity contribution is 5.92. The van der Waals surface area contributed by atoms with E-state index in [2.05, 4.69) is 15.6 Å². The van der Waals surface area contributed by atoms with E-state index in [1.165, 1.54) is 23.0 Å². The normalized spacial score (nSPS) is 12.4. The average molecular weight is 320 g/mol. The van der Waals surface area contributed by atoms with E-state index in [-0.39, 0.29) is 30.1 Å². The molecule has 7 heteroatoms. The third-order valence-corrected chi connectivity index (χ3v) is 3.32. The first-order valence-electron chi connectivity index (χ1n) is 7.54. The Bertz CT molecular complexity index is 657. The van der Waals surface area contributed by atoms with Crippen LogP contribution >= 0.6 is 0 Å². The molecule has 1 aromatic heterocycles. The molecule has 2 N–H and O–H groups in total. The van der Waals surface area contributed by atoms with Crippen LogP contribution in [0.25, 0.3) is 0 Å². The van der Waals surface area contributed by atoms with E-state index >= 15 is 0 Å². The van der Waals surface area contributed by atoms with Crippen LogP contribution in [0, 0.1) is 11.7 Å². The van der Waals surface area contributed by atoms with Crippen molar-refractivity contribution in [1.82, 2.24) is 20.3 Å². The summed E-state index contributed by atoms with van der Waals surface area (Å²) >= 11 is 0. The molecule has 0 aliphatic heterocycles. The van der Waals surface area contributed by atoms with Gasteiger partial charge in [-0.1, -0.05) is 31.2 Å². The number of halogens is 1. The zero-order valence-corrected chi connectivity index (χ0v) is 13.2. The van der Waals surface area contributed by atoms with Crippen LogP contribution in [0.1, 0.15) is 36.3 Å². The van der Waals surface area contributed by atoms with Crippen molar-refractivity contribution in [2.75, 3.05) is 6.61 Å². The standard InChI is InChI=1S/C16H21FN4O2/c1-11(2)6-14(10-22)18-16(23)15-9-21(20-19-15)8-12-4-3-5-13(17)7-12/h3-5,7,9,11,14,22H,6,8,10H2,1-2H3,(H,18,23). The SMILES string of the molecule is CC(C)CC(CO)NC(=O)c1cn(Cc2cccc(F)c2)nn1. The van der Waals surface area contributed by atoms with Crippen molar-refractivity contribution >= 4 is 5.91 Å². The molecule has 2 rings (SSSR count). The van der Waals surface area contributed by atoms with Gasteiger partial charge in [0.2, 0.25) is 0 Å². The molecule has 1 atom stereocenters. The molecule has 0 saturated heterocycles. The molecule has 0 saturated carbocycles. The second kappa shape index (κ2) is 7.82. The molecule has 1 heterocycles. The fraction of sp³-hybridized carbons (Fsp3) is 0.438. The van der Waals surface area contributed by atoms with Crippen LogP contribution in [-0.2, 0) is 6.54 Å². The number of hydrogen-bond acceptors (Lipinski definition) is 4. The van der Waals surface area contributed by atoms with Gasteiger partial charge in [-0.15, -0.1) is 5.10 Å². The number of aliphatic hydroxyl groups is 1. The maximum Gasteiger partial charge on any atom is 0.273 e. The van der Waals surface area contributed by atoms with Crippen LogP contribution in [0.5, 0.6) is 0 Å². The quantitative estimate of drug-likeness (QED) is 0.812. The lowest BCUT2D eigenvalue weighted by atomic mass is 10.0. The molecule has 23 heavy (non-hydrogen) atoms. The van der Waals surface area contributed by atoms with Gasteiger partial charge in [0.15, 0.2) is 5.69 Å². The molecular formula is C16H21FN4O2. The van der Waals surface area contributed by atoms with E-state index in [0.29, 0.717) is 18.9 Å². The Hall–Kier alpha value is -2.28. The van der Waals surface area contributed by atoms with Crippen molar-refractivity contribution in [2.24, 2.45) is 5.92 Å². The second-order valence-corrected chi connectivity index (χ2v) is 5.91. The van der Waals surface area contributed by atoms with Gasteiger partial charge in [0.1, 0.15) is 5.82 Å². The van der Waals surface area contributed by atoms with E-state index in [1.54, 1.807) is 12.1 Å². The van der Waals surface area contributed by atoms with Crippen molar-refractivity contribution in [1.29, 1.82) is 0 Å². The van der Waals surface area contributed by atoms with Crippen LogP contribution in [0.2, 0.25) is 0 Å². The van der Waals surface area contributed by atoms with E-state index in [0.717, 1.165) is 5.56 Å². The molecule has 2 aromatic rings. The van der Waals surface area contributed by atoms with E-state index in [4.69, 9.17) is 0 Å². The smallest absolute Gasteiger partial charge is 0.273 e.